The maximum atomic E-state index is 6.16. The largest absolute Gasteiger partial charge is 0.383 e. The molecule has 0 spiro atoms. The SMILES string of the molecule is CCOC1(c2nc(N)c(Br)c(C(C)C)n2)CCCC(C)C1. The average molecular weight is 356 g/mol. The van der Waals surface area contributed by atoms with Crippen LogP contribution in [0.3, 0.4) is 0 Å². The molecule has 1 aromatic rings. The number of rotatable bonds is 4. The smallest absolute Gasteiger partial charge is 0.162 e. The van der Waals surface area contributed by atoms with Gasteiger partial charge in [-0.05, 0) is 54.0 Å². The average Bonchev–Trinajstić information content (AvgIpc) is 2.41. The van der Waals surface area contributed by atoms with Gasteiger partial charge in [0.15, 0.2) is 5.82 Å². The molecule has 0 aliphatic heterocycles. The lowest BCUT2D eigenvalue weighted by atomic mass is 9.78. The minimum atomic E-state index is -0.370. The first kappa shape index (κ1) is 16.7. The van der Waals surface area contributed by atoms with Crippen molar-refractivity contribution < 1.29 is 4.74 Å². The molecule has 0 bridgehead atoms. The van der Waals surface area contributed by atoms with E-state index in [9.17, 15) is 0 Å². The second-order valence-corrected chi connectivity index (χ2v) is 7.21. The summed E-state index contributed by atoms with van der Waals surface area (Å²) in [4.78, 5) is 9.38. The fraction of sp³-hybridized carbons (Fsp3) is 0.750. The molecule has 1 aliphatic carbocycles. The molecule has 4 nitrogen and oxygen atoms in total. The van der Waals surface area contributed by atoms with Gasteiger partial charge < -0.3 is 10.5 Å². The Morgan fingerprint density at radius 1 is 1.43 bits per heavy atom. The van der Waals surface area contributed by atoms with Crippen LogP contribution in [-0.4, -0.2) is 16.6 Å². The number of nitrogens with zero attached hydrogens (tertiary/aromatic N) is 2. The number of nitrogen functional groups attached to an aromatic ring is 1. The van der Waals surface area contributed by atoms with Gasteiger partial charge in [-0.1, -0.05) is 27.2 Å². The molecule has 0 saturated heterocycles. The van der Waals surface area contributed by atoms with Gasteiger partial charge >= 0.3 is 0 Å². The summed E-state index contributed by atoms with van der Waals surface area (Å²) in [5.74, 6) is 2.20. The molecule has 1 aliphatic rings. The Morgan fingerprint density at radius 2 is 2.14 bits per heavy atom. The first-order valence-electron chi connectivity index (χ1n) is 7.87. The van der Waals surface area contributed by atoms with Crippen molar-refractivity contribution in [2.45, 2.75) is 64.9 Å². The number of nitrogens with two attached hydrogens (primary N) is 1. The topological polar surface area (TPSA) is 61.0 Å². The van der Waals surface area contributed by atoms with Crippen LogP contribution in [0.15, 0.2) is 4.47 Å². The number of hydrogen-bond acceptors (Lipinski definition) is 4. The van der Waals surface area contributed by atoms with Gasteiger partial charge in [-0.15, -0.1) is 0 Å². The fourth-order valence-corrected chi connectivity index (χ4v) is 3.88. The summed E-state index contributed by atoms with van der Waals surface area (Å²) in [7, 11) is 0. The molecule has 1 heterocycles. The highest BCUT2D eigenvalue weighted by Gasteiger charge is 2.40. The van der Waals surface area contributed by atoms with Crippen molar-refractivity contribution in [1.29, 1.82) is 0 Å². The summed E-state index contributed by atoms with van der Waals surface area (Å²) in [5, 5.41) is 0. The zero-order chi connectivity index (χ0) is 15.6. The van der Waals surface area contributed by atoms with E-state index in [2.05, 4.69) is 41.7 Å². The van der Waals surface area contributed by atoms with Crippen LogP contribution >= 0.6 is 15.9 Å². The summed E-state index contributed by atoms with van der Waals surface area (Å²) >= 11 is 3.52. The van der Waals surface area contributed by atoms with Crippen LogP contribution in [0.25, 0.3) is 0 Å². The van der Waals surface area contributed by atoms with Crippen LogP contribution in [0.4, 0.5) is 5.82 Å². The molecule has 2 atom stereocenters. The monoisotopic (exact) mass is 355 g/mol. The van der Waals surface area contributed by atoms with E-state index in [-0.39, 0.29) is 5.60 Å². The molecule has 2 unspecified atom stereocenters. The second kappa shape index (κ2) is 6.61. The zero-order valence-electron chi connectivity index (χ0n) is 13.4. The molecule has 1 fully saturated rings. The van der Waals surface area contributed by atoms with Crippen molar-refractivity contribution in [2.75, 3.05) is 12.3 Å². The standard InChI is InChI=1S/C16H26BrN3O/c1-5-21-16(8-6-7-11(4)9-16)15-19-13(10(2)3)12(17)14(18)20-15/h10-11H,5-9H2,1-4H3,(H2,18,19,20). The summed E-state index contributed by atoms with van der Waals surface area (Å²) in [6, 6.07) is 0. The minimum Gasteiger partial charge on any atom is -0.383 e. The fourth-order valence-electron chi connectivity index (χ4n) is 3.25. The van der Waals surface area contributed by atoms with Gasteiger partial charge in [-0.2, -0.15) is 0 Å². The number of aromatic nitrogens is 2. The molecule has 118 valence electrons. The first-order valence-corrected chi connectivity index (χ1v) is 8.66. The third-order valence-electron chi connectivity index (χ3n) is 4.23. The van der Waals surface area contributed by atoms with Gasteiger partial charge in [0.2, 0.25) is 0 Å². The molecular formula is C16H26BrN3O. The number of hydrogen-bond donors (Lipinski definition) is 1. The summed E-state index contributed by atoms with van der Waals surface area (Å²) < 4.78 is 6.98. The van der Waals surface area contributed by atoms with E-state index in [1.165, 1.54) is 6.42 Å². The summed E-state index contributed by atoms with van der Waals surface area (Å²) in [6.45, 7) is 9.22. The van der Waals surface area contributed by atoms with E-state index in [1.54, 1.807) is 0 Å². The van der Waals surface area contributed by atoms with Crippen molar-refractivity contribution in [1.82, 2.24) is 9.97 Å². The van der Waals surface area contributed by atoms with Gasteiger partial charge in [0, 0.05) is 6.61 Å². The van der Waals surface area contributed by atoms with Crippen molar-refractivity contribution in [2.24, 2.45) is 5.92 Å². The highest BCUT2D eigenvalue weighted by Crippen LogP contribution is 2.42. The molecule has 21 heavy (non-hydrogen) atoms. The Hall–Kier alpha value is -0.680. The van der Waals surface area contributed by atoms with E-state index in [1.807, 2.05) is 6.92 Å². The highest BCUT2D eigenvalue weighted by molar-refractivity contribution is 9.10. The van der Waals surface area contributed by atoms with Crippen LogP contribution in [0.5, 0.6) is 0 Å². The van der Waals surface area contributed by atoms with E-state index in [4.69, 9.17) is 15.5 Å². The predicted molar refractivity (Wildman–Crippen MR) is 89.2 cm³/mol. The number of halogens is 1. The Balaban J connectivity index is 2.50. The van der Waals surface area contributed by atoms with Gasteiger partial charge in [0.05, 0.1) is 10.2 Å². The van der Waals surface area contributed by atoms with Crippen molar-refractivity contribution in [3.05, 3.63) is 16.0 Å². The van der Waals surface area contributed by atoms with Crippen LogP contribution in [-0.2, 0) is 10.3 Å². The van der Waals surface area contributed by atoms with Crippen LogP contribution in [0, 0.1) is 5.92 Å². The lowest BCUT2D eigenvalue weighted by molar-refractivity contribution is -0.0881. The first-order chi connectivity index (χ1) is 9.89. The van der Waals surface area contributed by atoms with Gasteiger partial charge in [0.1, 0.15) is 11.4 Å². The normalized spacial score (nSPS) is 26.3. The molecular weight excluding hydrogens is 330 g/mol. The number of anilines is 1. The summed E-state index contributed by atoms with van der Waals surface area (Å²) in [5.41, 5.74) is 6.70. The molecule has 0 aromatic carbocycles. The van der Waals surface area contributed by atoms with Gasteiger partial charge in [-0.25, -0.2) is 9.97 Å². The molecule has 1 aromatic heterocycles. The summed E-state index contributed by atoms with van der Waals surface area (Å²) in [6.07, 6.45) is 4.35. The van der Waals surface area contributed by atoms with E-state index >= 15 is 0 Å². The van der Waals surface area contributed by atoms with Crippen LogP contribution in [0.1, 0.15) is 70.8 Å². The third-order valence-corrected chi connectivity index (χ3v) is 5.05. The maximum absolute atomic E-state index is 6.16. The van der Waals surface area contributed by atoms with Crippen molar-refractivity contribution >= 4 is 21.7 Å². The van der Waals surface area contributed by atoms with Crippen molar-refractivity contribution in [3.8, 4) is 0 Å². The Kier molecular flexibility index (Phi) is 5.25. The minimum absolute atomic E-state index is 0.295. The highest BCUT2D eigenvalue weighted by atomic mass is 79.9. The maximum Gasteiger partial charge on any atom is 0.162 e. The van der Waals surface area contributed by atoms with Crippen LogP contribution < -0.4 is 5.73 Å². The third kappa shape index (κ3) is 3.39. The Bertz CT molecular complexity index is 503. The lowest BCUT2D eigenvalue weighted by Crippen LogP contribution is -2.37. The molecule has 2 N–H and O–H groups in total. The molecule has 0 amide bonds. The molecule has 5 heteroatoms. The van der Waals surface area contributed by atoms with Gasteiger partial charge in [0.25, 0.3) is 0 Å². The quantitative estimate of drug-likeness (QED) is 0.869. The Labute approximate surface area is 136 Å². The predicted octanol–water partition coefficient (Wildman–Crippen LogP) is 4.39. The number of ether oxygens (including phenoxy) is 1. The van der Waals surface area contributed by atoms with Crippen molar-refractivity contribution in [3.63, 3.8) is 0 Å². The second-order valence-electron chi connectivity index (χ2n) is 6.42. The van der Waals surface area contributed by atoms with E-state index < -0.39 is 0 Å². The Morgan fingerprint density at radius 3 is 2.71 bits per heavy atom. The lowest BCUT2D eigenvalue weighted by Gasteiger charge is -2.38. The molecule has 1 saturated carbocycles. The van der Waals surface area contributed by atoms with Crippen LogP contribution in [0.2, 0.25) is 0 Å². The molecule has 2 rings (SSSR count). The van der Waals surface area contributed by atoms with Gasteiger partial charge in [-0.3, -0.25) is 0 Å². The van der Waals surface area contributed by atoms with E-state index in [0.717, 1.165) is 35.3 Å². The van der Waals surface area contributed by atoms with E-state index in [0.29, 0.717) is 24.3 Å². The zero-order valence-corrected chi connectivity index (χ0v) is 15.0. The molecule has 0 radical (unpaired) electrons.